The summed E-state index contributed by atoms with van der Waals surface area (Å²) < 4.78 is 15.5. The first kappa shape index (κ1) is 18.3. The van der Waals surface area contributed by atoms with Crippen molar-refractivity contribution in [3.63, 3.8) is 0 Å². The van der Waals surface area contributed by atoms with E-state index in [2.05, 4.69) is 5.32 Å². The Hall–Kier alpha value is -2.77. The van der Waals surface area contributed by atoms with Gasteiger partial charge in [0.2, 0.25) is 0 Å². The van der Waals surface area contributed by atoms with Crippen molar-refractivity contribution in [2.45, 2.75) is 20.0 Å². The lowest BCUT2D eigenvalue weighted by Crippen LogP contribution is -2.43. The van der Waals surface area contributed by atoms with Gasteiger partial charge in [-0.15, -0.1) is 0 Å². The Labute approximate surface area is 134 Å². The normalized spacial score (nSPS) is 11.1. The lowest BCUT2D eigenvalue weighted by molar-refractivity contribution is -0.127. The van der Waals surface area contributed by atoms with Crippen LogP contribution in [0.3, 0.4) is 0 Å². The van der Waals surface area contributed by atoms with E-state index in [0.29, 0.717) is 18.1 Å². The molecule has 2 N–H and O–H groups in total. The quantitative estimate of drug-likeness (QED) is 0.760. The van der Waals surface area contributed by atoms with E-state index in [9.17, 15) is 14.4 Å². The van der Waals surface area contributed by atoms with Crippen LogP contribution in [0.2, 0.25) is 0 Å². The van der Waals surface area contributed by atoms with Crippen LogP contribution in [0.1, 0.15) is 24.2 Å². The summed E-state index contributed by atoms with van der Waals surface area (Å²) in [4.78, 5) is 34.8. The van der Waals surface area contributed by atoms with Gasteiger partial charge in [-0.1, -0.05) is 0 Å². The van der Waals surface area contributed by atoms with Crippen molar-refractivity contribution in [2.75, 3.05) is 20.8 Å². The molecule has 3 amide bonds. The van der Waals surface area contributed by atoms with E-state index >= 15 is 0 Å². The molecule has 8 nitrogen and oxygen atoms in total. The molecule has 1 aromatic rings. The number of nitrogens with one attached hydrogen (secondary N) is 2. The number of amides is 3. The molecule has 23 heavy (non-hydrogen) atoms. The Kier molecular flexibility index (Phi) is 6.85. The monoisotopic (exact) mass is 324 g/mol. The Balaban J connectivity index is 2.79. The van der Waals surface area contributed by atoms with E-state index in [1.807, 2.05) is 5.32 Å². The maximum absolute atomic E-state index is 12.1. The zero-order valence-electron chi connectivity index (χ0n) is 13.5. The van der Waals surface area contributed by atoms with E-state index in [0.717, 1.165) is 0 Å². The smallest absolute Gasteiger partial charge is 0.339 e. The molecule has 1 atom stereocenters. The number of rotatable bonds is 6. The number of benzene rings is 1. The minimum absolute atomic E-state index is 0.203. The number of hydrogen-bond donors (Lipinski definition) is 2. The molecule has 0 saturated carbocycles. The first-order valence-corrected chi connectivity index (χ1v) is 6.97. The SMILES string of the molecule is CCOc1cc(C(=O)O[C@H](C)C(=O)NC(=O)NC)ccc1OC. The number of carbonyl (C=O) groups is 3. The van der Waals surface area contributed by atoms with Gasteiger partial charge in [-0.2, -0.15) is 0 Å². The first-order chi connectivity index (χ1) is 10.9. The van der Waals surface area contributed by atoms with Gasteiger partial charge in [-0.3, -0.25) is 10.1 Å². The number of methoxy groups -OCH3 is 1. The van der Waals surface area contributed by atoms with Gasteiger partial charge in [0.05, 0.1) is 19.3 Å². The summed E-state index contributed by atoms with van der Waals surface area (Å²) in [5.41, 5.74) is 0.203. The Bertz CT molecular complexity index is 587. The van der Waals surface area contributed by atoms with Crippen LogP contribution < -0.4 is 20.1 Å². The maximum atomic E-state index is 12.1. The van der Waals surface area contributed by atoms with E-state index in [-0.39, 0.29) is 5.56 Å². The fourth-order valence-corrected chi connectivity index (χ4v) is 1.63. The fraction of sp³-hybridized carbons (Fsp3) is 0.400. The van der Waals surface area contributed by atoms with Crippen LogP contribution >= 0.6 is 0 Å². The number of imide groups is 1. The third-order valence-electron chi connectivity index (χ3n) is 2.82. The summed E-state index contributed by atoms with van der Waals surface area (Å²) in [5.74, 6) is -0.565. The largest absolute Gasteiger partial charge is 0.493 e. The summed E-state index contributed by atoms with van der Waals surface area (Å²) in [6.45, 7) is 3.57. The van der Waals surface area contributed by atoms with Gasteiger partial charge in [0.25, 0.3) is 5.91 Å². The van der Waals surface area contributed by atoms with Crippen molar-refractivity contribution >= 4 is 17.9 Å². The zero-order chi connectivity index (χ0) is 17.4. The first-order valence-electron chi connectivity index (χ1n) is 6.97. The topological polar surface area (TPSA) is 103 Å². The number of esters is 1. The molecule has 1 rings (SSSR count). The average molecular weight is 324 g/mol. The van der Waals surface area contributed by atoms with E-state index < -0.39 is 24.0 Å². The van der Waals surface area contributed by atoms with Crippen molar-refractivity contribution < 1.29 is 28.6 Å². The van der Waals surface area contributed by atoms with Crippen LogP contribution in [0.4, 0.5) is 4.79 Å². The molecule has 0 spiro atoms. The molecule has 0 unspecified atom stereocenters. The third kappa shape index (κ3) is 5.17. The molecule has 0 fully saturated rings. The van der Waals surface area contributed by atoms with Crippen LogP contribution in [-0.2, 0) is 9.53 Å². The minimum Gasteiger partial charge on any atom is -0.493 e. The highest BCUT2D eigenvalue weighted by Crippen LogP contribution is 2.28. The molecular formula is C15H20N2O6. The van der Waals surface area contributed by atoms with Gasteiger partial charge in [-0.05, 0) is 32.0 Å². The zero-order valence-corrected chi connectivity index (χ0v) is 13.5. The van der Waals surface area contributed by atoms with Gasteiger partial charge in [0.15, 0.2) is 17.6 Å². The summed E-state index contributed by atoms with van der Waals surface area (Å²) in [5, 5.41) is 4.25. The van der Waals surface area contributed by atoms with Crippen molar-refractivity contribution in [3.05, 3.63) is 23.8 Å². The van der Waals surface area contributed by atoms with Crippen LogP contribution in [0, 0.1) is 0 Å². The van der Waals surface area contributed by atoms with Crippen LogP contribution in [0.25, 0.3) is 0 Å². The van der Waals surface area contributed by atoms with Gasteiger partial charge in [0.1, 0.15) is 0 Å². The number of hydrogen-bond acceptors (Lipinski definition) is 6. The van der Waals surface area contributed by atoms with Crippen molar-refractivity contribution in [3.8, 4) is 11.5 Å². The molecule has 0 saturated heterocycles. The summed E-state index contributed by atoms with van der Waals surface area (Å²) in [6, 6.07) is 3.85. The van der Waals surface area contributed by atoms with E-state index in [1.165, 1.54) is 33.2 Å². The highest BCUT2D eigenvalue weighted by Gasteiger charge is 2.21. The third-order valence-corrected chi connectivity index (χ3v) is 2.82. The Morgan fingerprint density at radius 2 is 1.91 bits per heavy atom. The van der Waals surface area contributed by atoms with Gasteiger partial charge in [-0.25, -0.2) is 9.59 Å². The molecule has 0 aliphatic heterocycles. The Morgan fingerprint density at radius 3 is 2.48 bits per heavy atom. The standard InChI is InChI=1S/C15H20N2O6/c1-5-22-12-8-10(6-7-11(12)21-4)14(19)23-9(2)13(18)17-15(20)16-3/h6-9H,5H2,1-4H3,(H2,16,17,18,20)/t9-/m1/s1. The minimum atomic E-state index is -1.13. The van der Waals surface area contributed by atoms with E-state index in [1.54, 1.807) is 13.0 Å². The molecule has 0 aliphatic rings. The molecule has 0 radical (unpaired) electrons. The van der Waals surface area contributed by atoms with Gasteiger partial charge < -0.3 is 19.5 Å². The summed E-state index contributed by atoms with van der Waals surface area (Å²) in [7, 11) is 2.85. The van der Waals surface area contributed by atoms with E-state index in [4.69, 9.17) is 14.2 Å². The van der Waals surface area contributed by atoms with Gasteiger partial charge >= 0.3 is 12.0 Å². The summed E-state index contributed by atoms with van der Waals surface area (Å²) in [6.07, 6.45) is -1.13. The molecule has 8 heteroatoms. The van der Waals surface area contributed by atoms with Crippen LogP contribution in [0.15, 0.2) is 18.2 Å². The van der Waals surface area contributed by atoms with Crippen molar-refractivity contribution in [1.82, 2.24) is 10.6 Å². The molecule has 0 aliphatic carbocycles. The lowest BCUT2D eigenvalue weighted by atomic mass is 10.2. The van der Waals surface area contributed by atoms with Crippen molar-refractivity contribution in [1.29, 1.82) is 0 Å². The second kappa shape index (κ2) is 8.62. The Morgan fingerprint density at radius 1 is 1.22 bits per heavy atom. The van der Waals surface area contributed by atoms with Gasteiger partial charge in [0, 0.05) is 7.05 Å². The lowest BCUT2D eigenvalue weighted by Gasteiger charge is -2.14. The summed E-state index contributed by atoms with van der Waals surface area (Å²) >= 11 is 0. The number of carbonyl (C=O) groups excluding carboxylic acids is 3. The maximum Gasteiger partial charge on any atom is 0.339 e. The van der Waals surface area contributed by atoms with Crippen molar-refractivity contribution in [2.24, 2.45) is 0 Å². The fourth-order valence-electron chi connectivity index (χ4n) is 1.63. The molecule has 126 valence electrons. The predicted octanol–water partition coefficient (Wildman–Crippen LogP) is 1.09. The molecule has 0 heterocycles. The molecule has 1 aromatic carbocycles. The molecular weight excluding hydrogens is 304 g/mol. The molecule has 0 bridgehead atoms. The highest BCUT2D eigenvalue weighted by atomic mass is 16.5. The second-order valence-corrected chi connectivity index (χ2v) is 4.41. The molecule has 0 aromatic heterocycles. The van der Waals surface area contributed by atoms with Crippen LogP contribution in [-0.4, -0.2) is 44.8 Å². The van der Waals surface area contributed by atoms with Crippen LogP contribution in [0.5, 0.6) is 11.5 Å². The predicted molar refractivity (Wildman–Crippen MR) is 81.6 cm³/mol. The number of urea groups is 1. The number of ether oxygens (including phenoxy) is 3. The average Bonchev–Trinajstić information content (AvgIpc) is 2.54. The highest BCUT2D eigenvalue weighted by molar-refractivity contribution is 5.98. The second-order valence-electron chi connectivity index (χ2n) is 4.41.